The number of halogens is 3. The summed E-state index contributed by atoms with van der Waals surface area (Å²) in [5.74, 6) is 0. The third-order valence-electron chi connectivity index (χ3n) is 4.85. The van der Waals surface area contributed by atoms with Crippen molar-refractivity contribution in [1.29, 1.82) is 0 Å². The molecule has 4 rings (SSSR count). The first-order valence-corrected chi connectivity index (χ1v) is 7.78. The number of rotatable bonds is 1. The summed E-state index contributed by atoms with van der Waals surface area (Å²) in [6.45, 7) is 0. The first-order chi connectivity index (χ1) is 10.8. The molecule has 0 spiro atoms. The number of nitrogens with zero attached hydrogens (tertiary/aromatic N) is 4. The summed E-state index contributed by atoms with van der Waals surface area (Å²) >= 11 is 0. The molecular weight excluding hydrogens is 307 g/mol. The molecule has 1 fully saturated rings. The molecule has 2 aromatic heterocycles. The minimum Gasteiger partial charge on any atom is -0.305 e. The van der Waals surface area contributed by atoms with Crippen LogP contribution in [0.4, 0.5) is 13.2 Å². The molecule has 0 radical (unpaired) electrons. The zero-order valence-electron chi connectivity index (χ0n) is 13.0. The van der Waals surface area contributed by atoms with Gasteiger partial charge in [0.1, 0.15) is 11.4 Å². The summed E-state index contributed by atoms with van der Waals surface area (Å²) in [5, 5.41) is 12.2. The average molecular weight is 325 g/mol. The Labute approximate surface area is 131 Å². The highest BCUT2D eigenvalue weighted by Gasteiger charge is 2.38. The van der Waals surface area contributed by atoms with E-state index < -0.39 is 11.9 Å². The smallest absolute Gasteiger partial charge is 0.305 e. The van der Waals surface area contributed by atoms with E-state index in [4.69, 9.17) is 0 Å². The van der Waals surface area contributed by atoms with Gasteiger partial charge in [-0.05, 0) is 31.7 Å². The van der Waals surface area contributed by atoms with Crippen LogP contribution in [0.2, 0.25) is 0 Å². The van der Waals surface area contributed by atoms with E-state index in [0.29, 0.717) is 17.4 Å². The second-order valence-electron chi connectivity index (χ2n) is 6.42. The van der Waals surface area contributed by atoms with E-state index in [1.165, 1.54) is 7.05 Å². The largest absolute Gasteiger partial charge is 0.433 e. The Hall–Kier alpha value is -1.83. The van der Waals surface area contributed by atoms with Crippen LogP contribution in [0.5, 0.6) is 0 Å². The molecule has 2 aromatic rings. The van der Waals surface area contributed by atoms with Gasteiger partial charge >= 0.3 is 6.18 Å². The molecule has 0 amide bonds. The van der Waals surface area contributed by atoms with Crippen LogP contribution in [0.25, 0.3) is 11.4 Å². The molecule has 2 atom stereocenters. The summed E-state index contributed by atoms with van der Waals surface area (Å²) in [5.41, 5.74) is 2.34. The van der Waals surface area contributed by atoms with Crippen LogP contribution in [-0.2, 0) is 26.7 Å². The first kappa shape index (κ1) is 14.7. The Kier molecular flexibility index (Phi) is 3.10. The highest BCUT2D eigenvalue weighted by atomic mass is 19.4. The maximum Gasteiger partial charge on any atom is 0.433 e. The number of aromatic nitrogens is 4. The Balaban J connectivity index is 1.83. The second-order valence-corrected chi connectivity index (χ2v) is 6.42. The van der Waals surface area contributed by atoms with Crippen molar-refractivity contribution in [3.63, 3.8) is 0 Å². The lowest BCUT2D eigenvalue weighted by Gasteiger charge is -2.35. The average Bonchev–Trinajstić information content (AvgIpc) is 2.99. The lowest BCUT2D eigenvalue weighted by Crippen LogP contribution is -2.42. The van der Waals surface area contributed by atoms with Gasteiger partial charge in [-0.15, -0.1) is 0 Å². The Morgan fingerprint density at radius 3 is 2.65 bits per heavy atom. The number of aryl methyl sites for hydroxylation is 2. The summed E-state index contributed by atoms with van der Waals surface area (Å²) < 4.78 is 41.7. The maximum atomic E-state index is 13.0. The van der Waals surface area contributed by atoms with Crippen LogP contribution < -0.4 is 5.32 Å². The van der Waals surface area contributed by atoms with Crippen molar-refractivity contribution >= 4 is 0 Å². The minimum atomic E-state index is -4.41. The molecule has 5 nitrogen and oxygen atoms in total. The molecule has 124 valence electrons. The number of fused-ring (bicyclic) bond motifs is 4. The molecule has 0 unspecified atom stereocenters. The first-order valence-electron chi connectivity index (χ1n) is 7.78. The Morgan fingerprint density at radius 1 is 1.17 bits per heavy atom. The van der Waals surface area contributed by atoms with E-state index in [9.17, 15) is 13.2 Å². The van der Waals surface area contributed by atoms with E-state index >= 15 is 0 Å². The maximum absolute atomic E-state index is 13.0. The van der Waals surface area contributed by atoms with Crippen LogP contribution in [0.3, 0.4) is 0 Å². The fourth-order valence-corrected chi connectivity index (χ4v) is 3.88. The number of piperidine rings is 1. The molecule has 0 saturated carbocycles. The van der Waals surface area contributed by atoms with E-state index in [-0.39, 0.29) is 6.04 Å². The quantitative estimate of drug-likeness (QED) is 0.877. The Bertz CT molecular complexity index is 758. The molecule has 4 heterocycles. The zero-order chi connectivity index (χ0) is 16.4. The van der Waals surface area contributed by atoms with E-state index in [2.05, 4.69) is 15.5 Å². The van der Waals surface area contributed by atoms with Crippen molar-refractivity contribution in [2.75, 3.05) is 0 Å². The van der Waals surface area contributed by atoms with Crippen LogP contribution in [0.1, 0.15) is 42.3 Å². The summed E-state index contributed by atoms with van der Waals surface area (Å²) in [4.78, 5) is 0. The van der Waals surface area contributed by atoms with Crippen LogP contribution in [0.15, 0.2) is 6.07 Å². The molecule has 0 aromatic carbocycles. The molecule has 2 aliphatic rings. The fraction of sp³-hybridized carbons (Fsp3) is 0.600. The highest BCUT2D eigenvalue weighted by molar-refractivity contribution is 5.62. The molecule has 23 heavy (non-hydrogen) atoms. The third kappa shape index (κ3) is 2.27. The number of hydrogen-bond acceptors (Lipinski definition) is 3. The summed E-state index contributed by atoms with van der Waals surface area (Å²) in [7, 11) is 3.10. The highest BCUT2D eigenvalue weighted by Crippen LogP contribution is 2.39. The predicted octanol–water partition coefficient (Wildman–Crippen LogP) is 2.58. The van der Waals surface area contributed by atoms with Gasteiger partial charge in [-0.3, -0.25) is 9.36 Å². The topological polar surface area (TPSA) is 47.7 Å². The monoisotopic (exact) mass is 325 g/mol. The van der Waals surface area contributed by atoms with Crippen LogP contribution in [-0.4, -0.2) is 25.6 Å². The lowest BCUT2D eigenvalue weighted by molar-refractivity contribution is -0.143. The molecule has 1 N–H and O–H groups in total. The molecule has 8 heteroatoms. The fourth-order valence-electron chi connectivity index (χ4n) is 3.88. The van der Waals surface area contributed by atoms with Crippen molar-refractivity contribution in [3.05, 3.63) is 23.0 Å². The third-order valence-corrected chi connectivity index (χ3v) is 4.85. The normalized spacial score (nSPS) is 23.9. The van der Waals surface area contributed by atoms with Gasteiger partial charge in [0.25, 0.3) is 0 Å². The SMILES string of the molecule is Cn1nc(-c2c3c(nn2C)[C@H]2CCC[C@H](C3)N2)cc1C(F)(F)F. The van der Waals surface area contributed by atoms with Gasteiger partial charge in [-0.2, -0.15) is 23.4 Å². The van der Waals surface area contributed by atoms with Gasteiger partial charge in [0.2, 0.25) is 0 Å². The minimum absolute atomic E-state index is 0.211. The van der Waals surface area contributed by atoms with Crippen molar-refractivity contribution in [3.8, 4) is 11.4 Å². The van der Waals surface area contributed by atoms with E-state index in [0.717, 1.165) is 47.7 Å². The molecule has 0 aliphatic carbocycles. The van der Waals surface area contributed by atoms with Gasteiger partial charge < -0.3 is 5.32 Å². The summed E-state index contributed by atoms with van der Waals surface area (Å²) in [6, 6.07) is 1.72. The number of nitrogens with one attached hydrogen (secondary N) is 1. The van der Waals surface area contributed by atoms with Crippen LogP contribution in [0, 0.1) is 0 Å². The predicted molar refractivity (Wildman–Crippen MR) is 77.6 cm³/mol. The number of alkyl halides is 3. The van der Waals surface area contributed by atoms with Gasteiger partial charge in [-0.25, -0.2) is 0 Å². The van der Waals surface area contributed by atoms with Crippen molar-refractivity contribution in [2.45, 2.75) is 43.9 Å². The number of hydrogen-bond donors (Lipinski definition) is 1. The van der Waals surface area contributed by atoms with Crippen molar-refractivity contribution in [2.24, 2.45) is 14.1 Å². The zero-order valence-corrected chi connectivity index (χ0v) is 13.0. The molecule has 1 saturated heterocycles. The van der Waals surface area contributed by atoms with Gasteiger partial charge in [0.05, 0.1) is 17.4 Å². The summed E-state index contributed by atoms with van der Waals surface area (Å²) in [6.07, 6.45) is -0.324. The van der Waals surface area contributed by atoms with E-state index in [1.807, 2.05) is 0 Å². The van der Waals surface area contributed by atoms with Gasteiger partial charge in [0.15, 0.2) is 0 Å². The lowest BCUT2D eigenvalue weighted by atomic mass is 9.84. The van der Waals surface area contributed by atoms with Gasteiger partial charge in [-0.1, -0.05) is 0 Å². The molecular formula is C15H18F3N5. The molecule has 2 aliphatic heterocycles. The molecule has 2 bridgehead atoms. The van der Waals surface area contributed by atoms with Crippen LogP contribution >= 0.6 is 0 Å². The van der Waals surface area contributed by atoms with Crippen molar-refractivity contribution < 1.29 is 13.2 Å². The van der Waals surface area contributed by atoms with Gasteiger partial charge in [0, 0.05) is 25.7 Å². The standard InChI is InChI=1S/C15H18F3N5/c1-22-12(15(16,17)18)7-11(20-22)14-9-6-8-4-3-5-10(19-8)13(9)21-23(14)2/h7-8,10,19H,3-6H2,1-2H3/t8-,10-/m1/s1. The Morgan fingerprint density at radius 2 is 1.96 bits per heavy atom. The van der Waals surface area contributed by atoms with E-state index in [1.54, 1.807) is 11.7 Å². The second kappa shape index (κ2) is 4.83. The van der Waals surface area contributed by atoms with Crippen molar-refractivity contribution in [1.82, 2.24) is 24.9 Å².